The molecule has 0 spiro atoms. The Labute approximate surface area is 174 Å². The molecule has 6 heteroatoms. The fourth-order valence-corrected chi connectivity index (χ4v) is 4.50. The van der Waals surface area contributed by atoms with Gasteiger partial charge < -0.3 is 14.4 Å². The number of hydrogen-bond acceptors (Lipinski definition) is 5. The zero-order chi connectivity index (χ0) is 20.2. The van der Waals surface area contributed by atoms with Crippen molar-refractivity contribution in [3.05, 3.63) is 75.2 Å². The zero-order valence-electron chi connectivity index (χ0n) is 16.7. The molecular formula is C23H24N2O3S. The maximum Gasteiger partial charge on any atom is 0.266 e. The molecule has 0 radical (unpaired) electrons. The Morgan fingerprint density at radius 1 is 1.10 bits per heavy atom. The number of aryl methyl sites for hydroxylation is 1. The molecule has 2 aromatic carbocycles. The molecule has 0 bridgehead atoms. The molecule has 29 heavy (non-hydrogen) atoms. The quantitative estimate of drug-likeness (QED) is 0.604. The van der Waals surface area contributed by atoms with Crippen LogP contribution in [0.5, 0.6) is 11.5 Å². The molecule has 1 amide bonds. The van der Waals surface area contributed by atoms with Crippen LogP contribution in [0.4, 0.5) is 0 Å². The van der Waals surface area contributed by atoms with E-state index in [1.165, 1.54) is 16.9 Å². The second-order valence-corrected chi connectivity index (χ2v) is 8.03. The van der Waals surface area contributed by atoms with Crippen molar-refractivity contribution in [3.63, 3.8) is 0 Å². The molecule has 3 aromatic rings. The molecule has 0 aliphatic carbocycles. The van der Waals surface area contributed by atoms with Gasteiger partial charge in [0.2, 0.25) is 0 Å². The number of carbonyl (C=O) groups is 1. The van der Waals surface area contributed by atoms with E-state index in [0.29, 0.717) is 31.2 Å². The predicted octanol–water partition coefficient (Wildman–Crippen LogP) is 4.48. The lowest BCUT2D eigenvalue weighted by atomic mass is 10.1. The van der Waals surface area contributed by atoms with Crippen molar-refractivity contribution >= 4 is 17.2 Å². The summed E-state index contributed by atoms with van der Waals surface area (Å²) in [5, 5.41) is 0.960. The zero-order valence-corrected chi connectivity index (χ0v) is 17.5. The molecule has 1 aliphatic heterocycles. The lowest BCUT2D eigenvalue weighted by molar-refractivity contribution is 0.0753. The Balaban J connectivity index is 1.54. The van der Waals surface area contributed by atoms with Gasteiger partial charge in [-0.25, -0.2) is 4.98 Å². The van der Waals surface area contributed by atoms with Crippen molar-refractivity contribution in [1.82, 2.24) is 9.88 Å². The molecule has 0 fully saturated rings. The van der Waals surface area contributed by atoms with Crippen LogP contribution in [0.25, 0.3) is 0 Å². The first-order chi connectivity index (χ1) is 14.2. The van der Waals surface area contributed by atoms with Gasteiger partial charge in [0.1, 0.15) is 18.1 Å². The largest absolute Gasteiger partial charge is 0.486 e. The third kappa shape index (κ3) is 4.27. The number of rotatable bonds is 6. The van der Waals surface area contributed by atoms with E-state index in [9.17, 15) is 4.79 Å². The Hall–Kier alpha value is -2.86. The molecule has 4 rings (SSSR count). The topological polar surface area (TPSA) is 51.7 Å². The summed E-state index contributed by atoms with van der Waals surface area (Å²) in [6.45, 7) is 6.07. The van der Waals surface area contributed by atoms with Crippen LogP contribution in [0.2, 0.25) is 0 Å². The number of ether oxygens (including phenoxy) is 2. The molecule has 0 saturated carbocycles. The standard InChI is InChI=1S/C23H24N2O3S/c1-3-25(15-18-10-7-11-19-21(18)28-13-12-27-19)23(26)22-16(2)24-20(29-22)14-17-8-5-4-6-9-17/h4-11H,3,12-15H2,1-2H3. The number of benzene rings is 2. The molecule has 1 aromatic heterocycles. The number of fused-ring (bicyclic) bond motifs is 1. The summed E-state index contributed by atoms with van der Waals surface area (Å²) in [6.07, 6.45) is 0.739. The van der Waals surface area contributed by atoms with Gasteiger partial charge in [0.15, 0.2) is 11.5 Å². The Bertz CT molecular complexity index is 1000. The number of aromatic nitrogens is 1. The van der Waals surface area contributed by atoms with Gasteiger partial charge in [-0.2, -0.15) is 0 Å². The van der Waals surface area contributed by atoms with E-state index in [1.54, 1.807) is 0 Å². The molecule has 5 nitrogen and oxygen atoms in total. The summed E-state index contributed by atoms with van der Waals surface area (Å²) in [5.41, 5.74) is 2.95. The van der Waals surface area contributed by atoms with E-state index in [1.807, 2.05) is 55.1 Å². The lowest BCUT2D eigenvalue weighted by Crippen LogP contribution is -2.30. The van der Waals surface area contributed by atoms with Crippen molar-refractivity contribution in [3.8, 4) is 11.5 Å². The normalized spacial score (nSPS) is 12.6. The fourth-order valence-electron chi connectivity index (χ4n) is 3.43. The maximum atomic E-state index is 13.3. The van der Waals surface area contributed by atoms with E-state index >= 15 is 0 Å². The van der Waals surface area contributed by atoms with Crippen molar-refractivity contribution in [2.45, 2.75) is 26.8 Å². The first-order valence-corrected chi connectivity index (χ1v) is 10.6. The molecule has 2 heterocycles. The number of thiazole rings is 1. The monoisotopic (exact) mass is 408 g/mol. The van der Waals surface area contributed by atoms with Gasteiger partial charge in [0.25, 0.3) is 5.91 Å². The van der Waals surface area contributed by atoms with Gasteiger partial charge in [-0.3, -0.25) is 4.79 Å². The summed E-state index contributed by atoms with van der Waals surface area (Å²) in [4.78, 5) is 20.4. The Morgan fingerprint density at radius 3 is 2.69 bits per heavy atom. The van der Waals surface area contributed by atoms with Crippen molar-refractivity contribution in [1.29, 1.82) is 0 Å². The first-order valence-electron chi connectivity index (χ1n) is 9.82. The molecule has 150 valence electrons. The predicted molar refractivity (Wildman–Crippen MR) is 114 cm³/mol. The highest BCUT2D eigenvalue weighted by Gasteiger charge is 2.23. The van der Waals surface area contributed by atoms with Gasteiger partial charge in [-0.15, -0.1) is 11.3 Å². The van der Waals surface area contributed by atoms with Gasteiger partial charge in [0.05, 0.1) is 10.7 Å². The van der Waals surface area contributed by atoms with Crippen LogP contribution in [0.1, 0.15) is 38.4 Å². The maximum absolute atomic E-state index is 13.3. The van der Waals surface area contributed by atoms with Crippen LogP contribution in [0, 0.1) is 6.92 Å². The van der Waals surface area contributed by atoms with Crippen LogP contribution >= 0.6 is 11.3 Å². The third-order valence-electron chi connectivity index (χ3n) is 4.91. The van der Waals surface area contributed by atoms with E-state index in [2.05, 4.69) is 17.1 Å². The summed E-state index contributed by atoms with van der Waals surface area (Å²) in [6, 6.07) is 16.0. The highest BCUT2D eigenvalue weighted by Crippen LogP contribution is 2.34. The summed E-state index contributed by atoms with van der Waals surface area (Å²) in [5.74, 6) is 1.50. The summed E-state index contributed by atoms with van der Waals surface area (Å²) >= 11 is 1.49. The van der Waals surface area contributed by atoms with E-state index in [4.69, 9.17) is 9.47 Å². The highest BCUT2D eigenvalue weighted by atomic mass is 32.1. The smallest absolute Gasteiger partial charge is 0.266 e. The lowest BCUT2D eigenvalue weighted by Gasteiger charge is -2.25. The second kappa shape index (κ2) is 8.66. The molecular weight excluding hydrogens is 384 g/mol. The van der Waals surface area contributed by atoms with Crippen LogP contribution in [-0.2, 0) is 13.0 Å². The van der Waals surface area contributed by atoms with Gasteiger partial charge in [-0.1, -0.05) is 42.5 Å². The molecule has 0 atom stereocenters. The third-order valence-corrected chi connectivity index (χ3v) is 6.06. The minimum absolute atomic E-state index is 0.0103. The number of hydrogen-bond donors (Lipinski definition) is 0. The first kappa shape index (κ1) is 19.5. The fraction of sp³-hybridized carbons (Fsp3) is 0.304. The van der Waals surface area contributed by atoms with E-state index < -0.39 is 0 Å². The summed E-state index contributed by atoms with van der Waals surface area (Å²) < 4.78 is 11.5. The molecule has 1 aliphatic rings. The van der Waals surface area contributed by atoms with Crippen molar-refractivity contribution in [2.75, 3.05) is 19.8 Å². The van der Waals surface area contributed by atoms with Crippen molar-refractivity contribution in [2.24, 2.45) is 0 Å². The van der Waals surface area contributed by atoms with Crippen LogP contribution in [0.15, 0.2) is 48.5 Å². The SMILES string of the molecule is CCN(Cc1cccc2c1OCCO2)C(=O)c1sc(Cc2ccccc2)nc1C. The minimum atomic E-state index is 0.0103. The van der Waals surface area contributed by atoms with Gasteiger partial charge >= 0.3 is 0 Å². The second-order valence-electron chi connectivity index (χ2n) is 6.95. The minimum Gasteiger partial charge on any atom is -0.486 e. The van der Waals surface area contributed by atoms with Gasteiger partial charge in [-0.05, 0) is 25.5 Å². The number of nitrogens with zero attached hydrogens (tertiary/aromatic N) is 2. The molecule has 0 unspecified atom stereocenters. The molecule has 0 saturated heterocycles. The van der Waals surface area contributed by atoms with E-state index in [0.717, 1.165) is 34.2 Å². The highest BCUT2D eigenvalue weighted by molar-refractivity contribution is 7.13. The Morgan fingerprint density at radius 2 is 1.90 bits per heavy atom. The number of amides is 1. The van der Waals surface area contributed by atoms with Crippen LogP contribution in [-0.4, -0.2) is 35.5 Å². The van der Waals surface area contributed by atoms with Gasteiger partial charge in [0, 0.05) is 25.1 Å². The van der Waals surface area contributed by atoms with E-state index in [-0.39, 0.29) is 5.91 Å². The summed E-state index contributed by atoms with van der Waals surface area (Å²) in [7, 11) is 0. The molecule has 0 N–H and O–H groups in total. The average molecular weight is 409 g/mol. The average Bonchev–Trinajstić information content (AvgIpc) is 3.12. The number of para-hydroxylation sites is 1. The number of carbonyl (C=O) groups excluding carboxylic acids is 1. The Kier molecular flexibility index (Phi) is 5.81. The van der Waals surface area contributed by atoms with Crippen LogP contribution in [0.3, 0.4) is 0 Å². The van der Waals surface area contributed by atoms with Crippen molar-refractivity contribution < 1.29 is 14.3 Å². The van der Waals surface area contributed by atoms with Crippen LogP contribution < -0.4 is 9.47 Å².